The van der Waals surface area contributed by atoms with Crippen LogP contribution in [0.4, 0.5) is 5.82 Å². The zero-order valence-electron chi connectivity index (χ0n) is 10.6. The summed E-state index contributed by atoms with van der Waals surface area (Å²) >= 11 is 5.94. The zero-order chi connectivity index (χ0) is 13.8. The van der Waals surface area contributed by atoms with Crippen LogP contribution < -0.4 is 10.1 Å². The number of pyridine rings is 1. The monoisotopic (exact) mass is 276 g/mol. The summed E-state index contributed by atoms with van der Waals surface area (Å²) in [5.74, 6) is 0.729. The number of amides is 1. The van der Waals surface area contributed by atoms with Crippen molar-refractivity contribution in [1.29, 1.82) is 0 Å². The van der Waals surface area contributed by atoms with Crippen LogP contribution in [-0.2, 0) is 0 Å². The molecular weight excluding hydrogens is 264 g/mol. The second kappa shape index (κ2) is 5.71. The van der Waals surface area contributed by atoms with E-state index in [9.17, 15) is 4.79 Å². The highest BCUT2D eigenvalue weighted by Crippen LogP contribution is 2.21. The molecular formula is C14H13ClN2O2. The molecule has 2 rings (SSSR count). The summed E-state index contributed by atoms with van der Waals surface area (Å²) in [7, 11) is 1.57. The third-order valence-corrected chi connectivity index (χ3v) is 2.97. The average molecular weight is 277 g/mol. The zero-order valence-corrected chi connectivity index (χ0v) is 11.4. The molecule has 0 atom stereocenters. The molecule has 0 aliphatic heterocycles. The molecule has 5 heteroatoms. The number of methoxy groups -OCH3 is 1. The molecule has 0 fully saturated rings. The van der Waals surface area contributed by atoms with Crippen molar-refractivity contribution in [1.82, 2.24) is 4.98 Å². The Morgan fingerprint density at radius 1 is 1.37 bits per heavy atom. The second-order valence-corrected chi connectivity index (χ2v) is 4.38. The molecule has 1 heterocycles. The lowest BCUT2D eigenvalue weighted by atomic mass is 10.1. The molecule has 0 unspecified atom stereocenters. The molecule has 0 spiro atoms. The fraction of sp³-hybridized carbons (Fsp3) is 0.143. The highest BCUT2D eigenvalue weighted by molar-refractivity contribution is 6.33. The van der Waals surface area contributed by atoms with Crippen LogP contribution in [0.25, 0.3) is 0 Å². The number of hydrogen-bond acceptors (Lipinski definition) is 3. The summed E-state index contributed by atoms with van der Waals surface area (Å²) in [6.45, 7) is 1.91. The molecule has 1 aromatic heterocycles. The quantitative estimate of drug-likeness (QED) is 0.936. The molecule has 2 aromatic rings. The predicted molar refractivity (Wildman–Crippen MR) is 74.9 cm³/mol. The lowest BCUT2D eigenvalue weighted by Crippen LogP contribution is -2.13. The number of benzene rings is 1. The Balaban J connectivity index is 2.23. The Morgan fingerprint density at radius 3 is 2.84 bits per heavy atom. The molecule has 98 valence electrons. The Hall–Kier alpha value is -2.07. The maximum absolute atomic E-state index is 12.1. The molecule has 1 aromatic carbocycles. The second-order valence-electron chi connectivity index (χ2n) is 3.97. The number of aromatic nitrogens is 1. The SMILES string of the molecule is COc1cc(C(=O)Nc2ncccc2Cl)ccc1C. The van der Waals surface area contributed by atoms with Gasteiger partial charge in [0.15, 0.2) is 5.82 Å². The predicted octanol–water partition coefficient (Wildman–Crippen LogP) is 3.30. The van der Waals surface area contributed by atoms with E-state index < -0.39 is 0 Å². The largest absolute Gasteiger partial charge is 0.496 e. The topological polar surface area (TPSA) is 51.2 Å². The van der Waals surface area contributed by atoms with Crippen LogP contribution >= 0.6 is 11.6 Å². The van der Waals surface area contributed by atoms with Gasteiger partial charge < -0.3 is 10.1 Å². The molecule has 0 aliphatic rings. The molecule has 1 amide bonds. The minimum atomic E-state index is -0.279. The summed E-state index contributed by atoms with van der Waals surface area (Å²) in [4.78, 5) is 16.1. The van der Waals surface area contributed by atoms with E-state index >= 15 is 0 Å². The lowest BCUT2D eigenvalue weighted by molar-refractivity contribution is 0.102. The number of ether oxygens (including phenoxy) is 1. The van der Waals surface area contributed by atoms with Crippen LogP contribution in [-0.4, -0.2) is 18.0 Å². The summed E-state index contributed by atoms with van der Waals surface area (Å²) in [5.41, 5.74) is 1.46. The number of halogens is 1. The molecule has 0 radical (unpaired) electrons. The first-order valence-corrected chi connectivity index (χ1v) is 6.06. The van der Waals surface area contributed by atoms with Crippen LogP contribution in [0, 0.1) is 6.92 Å². The van der Waals surface area contributed by atoms with E-state index in [-0.39, 0.29) is 5.91 Å². The summed E-state index contributed by atoms with van der Waals surface area (Å²) in [5, 5.41) is 3.06. The summed E-state index contributed by atoms with van der Waals surface area (Å²) in [6.07, 6.45) is 1.57. The summed E-state index contributed by atoms with van der Waals surface area (Å²) < 4.78 is 5.19. The van der Waals surface area contributed by atoms with Crippen molar-refractivity contribution in [2.75, 3.05) is 12.4 Å². The number of hydrogen-bond donors (Lipinski definition) is 1. The number of aryl methyl sites for hydroxylation is 1. The van der Waals surface area contributed by atoms with Gasteiger partial charge in [0.2, 0.25) is 0 Å². The highest BCUT2D eigenvalue weighted by Gasteiger charge is 2.11. The van der Waals surface area contributed by atoms with E-state index in [1.807, 2.05) is 13.0 Å². The lowest BCUT2D eigenvalue weighted by Gasteiger charge is -2.08. The first-order chi connectivity index (χ1) is 9.11. The van der Waals surface area contributed by atoms with Crippen molar-refractivity contribution >= 4 is 23.3 Å². The van der Waals surface area contributed by atoms with E-state index in [4.69, 9.17) is 16.3 Å². The normalized spacial score (nSPS) is 10.1. The molecule has 4 nitrogen and oxygen atoms in total. The maximum Gasteiger partial charge on any atom is 0.256 e. The molecule has 0 saturated carbocycles. The van der Waals surface area contributed by atoms with Gasteiger partial charge in [-0.25, -0.2) is 4.98 Å². The van der Waals surface area contributed by atoms with Crippen molar-refractivity contribution in [2.45, 2.75) is 6.92 Å². The number of carbonyl (C=O) groups excluding carboxylic acids is 1. The van der Waals surface area contributed by atoms with Crippen molar-refractivity contribution < 1.29 is 9.53 Å². The Labute approximate surface area is 116 Å². The summed E-state index contributed by atoms with van der Waals surface area (Å²) in [6, 6.07) is 8.60. The minimum absolute atomic E-state index is 0.279. The number of rotatable bonds is 3. The van der Waals surface area contributed by atoms with Crippen molar-refractivity contribution in [3.05, 3.63) is 52.7 Å². The first kappa shape index (κ1) is 13.4. The van der Waals surface area contributed by atoms with E-state index in [1.165, 1.54) is 0 Å². The number of nitrogens with zero attached hydrogens (tertiary/aromatic N) is 1. The van der Waals surface area contributed by atoms with Gasteiger partial charge in [0.1, 0.15) is 5.75 Å². The Kier molecular flexibility index (Phi) is 4.02. The molecule has 0 bridgehead atoms. The maximum atomic E-state index is 12.1. The Morgan fingerprint density at radius 2 is 2.16 bits per heavy atom. The smallest absolute Gasteiger partial charge is 0.256 e. The van der Waals surface area contributed by atoms with Gasteiger partial charge in [0, 0.05) is 11.8 Å². The van der Waals surface area contributed by atoms with Crippen LogP contribution in [0.15, 0.2) is 36.5 Å². The number of carbonyl (C=O) groups is 1. The Bertz CT molecular complexity index is 614. The van der Waals surface area contributed by atoms with Gasteiger partial charge in [-0.2, -0.15) is 0 Å². The van der Waals surface area contributed by atoms with E-state index in [2.05, 4.69) is 10.3 Å². The minimum Gasteiger partial charge on any atom is -0.496 e. The van der Waals surface area contributed by atoms with Gasteiger partial charge in [-0.3, -0.25) is 4.79 Å². The van der Waals surface area contributed by atoms with E-state index in [0.717, 1.165) is 5.56 Å². The molecule has 1 N–H and O–H groups in total. The van der Waals surface area contributed by atoms with Crippen LogP contribution in [0.5, 0.6) is 5.75 Å². The standard InChI is InChI=1S/C14H13ClN2O2/c1-9-5-6-10(8-12(9)19-2)14(18)17-13-11(15)4-3-7-16-13/h3-8H,1-2H3,(H,16,17,18). The van der Waals surface area contributed by atoms with Crippen molar-refractivity contribution in [2.24, 2.45) is 0 Å². The molecule has 0 aliphatic carbocycles. The van der Waals surface area contributed by atoms with Gasteiger partial charge in [-0.15, -0.1) is 0 Å². The van der Waals surface area contributed by atoms with E-state index in [0.29, 0.717) is 22.2 Å². The first-order valence-electron chi connectivity index (χ1n) is 5.68. The fourth-order valence-corrected chi connectivity index (χ4v) is 1.79. The van der Waals surface area contributed by atoms with Gasteiger partial charge in [-0.1, -0.05) is 17.7 Å². The van der Waals surface area contributed by atoms with Gasteiger partial charge in [0.25, 0.3) is 5.91 Å². The average Bonchev–Trinajstić information content (AvgIpc) is 2.42. The van der Waals surface area contributed by atoms with Gasteiger partial charge in [0.05, 0.1) is 12.1 Å². The van der Waals surface area contributed by atoms with Crippen molar-refractivity contribution in [3.8, 4) is 5.75 Å². The highest BCUT2D eigenvalue weighted by atomic mass is 35.5. The number of nitrogens with one attached hydrogen (secondary N) is 1. The molecule has 19 heavy (non-hydrogen) atoms. The van der Waals surface area contributed by atoms with Crippen LogP contribution in [0.2, 0.25) is 5.02 Å². The van der Waals surface area contributed by atoms with Crippen LogP contribution in [0.1, 0.15) is 15.9 Å². The third-order valence-electron chi connectivity index (χ3n) is 2.66. The van der Waals surface area contributed by atoms with E-state index in [1.54, 1.807) is 37.6 Å². The molecule has 0 saturated heterocycles. The van der Waals surface area contributed by atoms with Crippen LogP contribution in [0.3, 0.4) is 0 Å². The van der Waals surface area contributed by atoms with Gasteiger partial charge >= 0.3 is 0 Å². The third kappa shape index (κ3) is 3.03. The van der Waals surface area contributed by atoms with Crippen molar-refractivity contribution in [3.63, 3.8) is 0 Å². The number of anilines is 1. The van der Waals surface area contributed by atoms with Gasteiger partial charge in [-0.05, 0) is 36.8 Å². The fourth-order valence-electron chi connectivity index (χ4n) is 1.62.